The van der Waals surface area contributed by atoms with Crippen LogP contribution in [0.2, 0.25) is 0 Å². The normalized spacial score (nSPS) is 16.8. The molecule has 1 fully saturated rings. The van der Waals surface area contributed by atoms with Gasteiger partial charge < -0.3 is 10.3 Å². The SMILES string of the molecule is Cn1c(CC2CCCC2)nc2ccc(CN)cc21. The average molecular weight is 243 g/mol. The number of nitrogens with zero attached hydrogens (tertiary/aromatic N) is 2. The van der Waals surface area contributed by atoms with Gasteiger partial charge in [0.05, 0.1) is 11.0 Å². The molecule has 3 heteroatoms. The molecule has 1 aliphatic rings. The molecule has 3 rings (SSSR count). The molecular formula is C15H21N3. The molecule has 0 atom stereocenters. The van der Waals surface area contributed by atoms with Gasteiger partial charge >= 0.3 is 0 Å². The lowest BCUT2D eigenvalue weighted by Gasteiger charge is -2.08. The van der Waals surface area contributed by atoms with Gasteiger partial charge in [0.2, 0.25) is 0 Å². The zero-order valence-corrected chi connectivity index (χ0v) is 11.0. The summed E-state index contributed by atoms with van der Waals surface area (Å²) in [5.74, 6) is 2.07. The lowest BCUT2D eigenvalue weighted by atomic mass is 10.0. The van der Waals surface area contributed by atoms with Crippen LogP contribution in [0.25, 0.3) is 11.0 Å². The van der Waals surface area contributed by atoms with Crippen LogP contribution in [-0.2, 0) is 20.0 Å². The number of hydrogen-bond donors (Lipinski definition) is 1. The monoisotopic (exact) mass is 243 g/mol. The van der Waals surface area contributed by atoms with Crippen molar-refractivity contribution in [3.8, 4) is 0 Å². The van der Waals surface area contributed by atoms with E-state index in [2.05, 4.69) is 29.8 Å². The molecule has 1 heterocycles. The first kappa shape index (κ1) is 11.7. The Morgan fingerprint density at radius 2 is 2.11 bits per heavy atom. The van der Waals surface area contributed by atoms with E-state index in [0.29, 0.717) is 6.54 Å². The number of hydrogen-bond acceptors (Lipinski definition) is 2. The van der Waals surface area contributed by atoms with E-state index in [0.717, 1.165) is 17.9 Å². The Bertz CT molecular complexity index is 550. The van der Waals surface area contributed by atoms with Crippen LogP contribution < -0.4 is 5.73 Å². The molecule has 2 aromatic rings. The minimum Gasteiger partial charge on any atom is -0.331 e. The minimum atomic E-state index is 0.596. The molecule has 3 nitrogen and oxygen atoms in total. The summed E-state index contributed by atoms with van der Waals surface area (Å²) in [6, 6.07) is 6.34. The Balaban J connectivity index is 1.94. The maximum Gasteiger partial charge on any atom is 0.109 e. The number of aromatic nitrogens is 2. The smallest absolute Gasteiger partial charge is 0.109 e. The molecule has 1 saturated carbocycles. The fraction of sp³-hybridized carbons (Fsp3) is 0.533. The predicted molar refractivity (Wildman–Crippen MR) is 74.3 cm³/mol. The van der Waals surface area contributed by atoms with Crippen molar-refractivity contribution in [3.63, 3.8) is 0 Å². The molecule has 96 valence electrons. The topological polar surface area (TPSA) is 43.8 Å². The Labute approximate surface area is 108 Å². The first-order valence-corrected chi connectivity index (χ1v) is 6.92. The Hall–Kier alpha value is -1.35. The van der Waals surface area contributed by atoms with Crippen molar-refractivity contribution in [2.45, 2.75) is 38.6 Å². The lowest BCUT2D eigenvalue weighted by molar-refractivity contribution is 0.522. The van der Waals surface area contributed by atoms with Gasteiger partial charge in [0, 0.05) is 20.0 Å². The highest BCUT2D eigenvalue weighted by Gasteiger charge is 2.18. The molecule has 0 bridgehead atoms. The van der Waals surface area contributed by atoms with Crippen molar-refractivity contribution in [2.75, 3.05) is 0 Å². The van der Waals surface area contributed by atoms with Crippen LogP contribution in [0, 0.1) is 5.92 Å². The maximum atomic E-state index is 5.70. The Morgan fingerprint density at radius 1 is 1.33 bits per heavy atom. The number of nitrogens with two attached hydrogens (primary N) is 1. The first-order chi connectivity index (χ1) is 8.78. The minimum absolute atomic E-state index is 0.596. The Morgan fingerprint density at radius 3 is 2.83 bits per heavy atom. The van der Waals surface area contributed by atoms with E-state index in [-0.39, 0.29) is 0 Å². The second-order valence-electron chi connectivity index (χ2n) is 5.47. The van der Waals surface area contributed by atoms with Crippen LogP contribution in [-0.4, -0.2) is 9.55 Å². The van der Waals surface area contributed by atoms with Crippen molar-refractivity contribution in [1.82, 2.24) is 9.55 Å². The van der Waals surface area contributed by atoms with Crippen molar-refractivity contribution < 1.29 is 0 Å². The predicted octanol–water partition coefficient (Wildman–Crippen LogP) is 2.76. The van der Waals surface area contributed by atoms with Crippen LogP contribution in [0.1, 0.15) is 37.1 Å². The van der Waals surface area contributed by atoms with E-state index < -0.39 is 0 Å². The van der Waals surface area contributed by atoms with E-state index >= 15 is 0 Å². The van der Waals surface area contributed by atoms with Crippen molar-refractivity contribution in [1.29, 1.82) is 0 Å². The molecule has 0 spiro atoms. The van der Waals surface area contributed by atoms with Gasteiger partial charge in [-0.15, -0.1) is 0 Å². The summed E-state index contributed by atoms with van der Waals surface area (Å²) in [6.45, 7) is 0.596. The summed E-state index contributed by atoms with van der Waals surface area (Å²) < 4.78 is 2.24. The number of benzene rings is 1. The third-order valence-corrected chi connectivity index (χ3v) is 4.22. The highest BCUT2D eigenvalue weighted by atomic mass is 15.1. The standard InChI is InChI=1S/C15H21N3/c1-18-14-8-12(10-16)6-7-13(14)17-15(18)9-11-4-2-3-5-11/h6-8,11H,2-5,9-10,16H2,1H3. The molecule has 1 aromatic heterocycles. The van der Waals surface area contributed by atoms with Gasteiger partial charge in [-0.05, 0) is 23.6 Å². The van der Waals surface area contributed by atoms with Crippen LogP contribution >= 0.6 is 0 Å². The van der Waals surface area contributed by atoms with Gasteiger partial charge in [-0.3, -0.25) is 0 Å². The second-order valence-corrected chi connectivity index (χ2v) is 5.47. The van der Waals surface area contributed by atoms with Gasteiger partial charge in [0.25, 0.3) is 0 Å². The van der Waals surface area contributed by atoms with Crippen LogP contribution in [0.5, 0.6) is 0 Å². The fourth-order valence-corrected chi connectivity index (χ4v) is 3.07. The summed E-state index contributed by atoms with van der Waals surface area (Å²) in [7, 11) is 2.12. The van der Waals surface area contributed by atoms with Gasteiger partial charge in [0.1, 0.15) is 5.82 Å². The van der Waals surface area contributed by atoms with Crippen LogP contribution in [0.15, 0.2) is 18.2 Å². The number of fused-ring (bicyclic) bond motifs is 1. The number of imidazole rings is 1. The highest BCUT2D eigenvalue weighted by molar-refractivity contribution is 5.76. The summed E-state index contributed by atoms with van der Waals surface area (Å²) >= 11 is 0. The summed E-state index contributed by atoms with van der Waals surface area (Å²) in [5.41, 5.74) is 9.19. The molecule has 0 radical (unpaired) electrons. The average Bonchev–Trinajstić information content (AvgIpc) is 2.99. The van der Waals surface area contributed by atoms with E-state index in [4.69, 9.17) is 10.7 Å². The number of aryl methyl sites for hydroxylation is 1. The van der Waals surface area contributed by atoms with Gasteiger partial charge in [0.15, 0.2) is 0 Å². The molecule has 1 aromatic carbocycles. The van der Waals surface area contributed by atoms with Crippen molar-refractivity contribution in [2.24, 2.45) is 18.7 Å². The molecule has 0 saturated heterocycles. The largest absolute Gasteiger partial charge is 0.331 e. The quantitative estimate of drug-likeness (QED) is 0.900. The third kappa shape index (κ3) is 2.03. The molecular weight excluding hydrogens is 222 g/mol. The summed E-state index contributed by atoms with van der Waals surface area (Å²) in [4.78, 5) is 4.77. The van der Waals surface area contributed by atoms with Crippen molar-refractivity contribution >= 4 is 11.0 Å². The molecule has 0 amide bonds. The van der Waals surface area contributed by atoms with Gasteiger partial charge in [-0.2, -0.15) is 0 Å². The lowest BCUT2D eigenvalue weighted by Crippen LogP contribution is -2.05. The summed E-state index contributed by atoms with van der Waals surface area (Å²) in [5, 5.41) is 0. The van der Waals surface area contributed by atoms with E-state index in [9.17, 15) is 0 Å². The van der Waals surface area contributed by atoms with E-state index in [1.54, 1.807) is 0 Å². The maximum absolute atomic E-state index is 5.70. The molecule has 0 aliphatic heterocycles. The third-order valence-electron chi connectivity index (χ3n) is 4.22. The number of rotatable bonds is 3. The van der Waals surface area contributed by atoms with E-state index in [1.165, 1.54) is 42.6 Å². The highest BCUT2D eigenvalue weighted by Crippen LogP contribution is 2.28. The molecule has 1 aliphatic carbocycles. The van der Waals surface area contributed by atoms with Crippen LogP contribution in [0.4, 0.5) is 0 Å². The van der Waals surface area contributed by atoms with E-state index in [1.807, 2.05) is 0 Å². The zero-order chi connectivity index (χ0) is 12.5. The first-order valence-electron chi connectivity index (χ1n) is 6.92. The Kier molecular flexibility index (Phi) is 3.08. The fourth-order valence-electron chi connectivity index (χ4n) is 3.07. The zero-order valence-electron chi connectivity index (χ0n) is 11.0. The second kappa shape index (κ2) is 4.73. The van der Waals surface area contributed by atoms with Crippen LogP contribution in [0.3, 0.4) is 0 Å². The molecule has 18 heavy (non-hydrogen) atoms. The molecule has 2 N–H and O–H groups in total. The summed E-state index contributed by atoms with van der Waals surface area (Å²) in [6.07, 6.45) is 6.66. The van der Waals surface area contributed by atoms with Gasteiger partial charge in [-0.1, -0.05) is 31.7 Å². The van der Waals surface area contributed by atoms with Gasteiger partial charge in [-0.25, -0.2) is 4.98 Å². The van der Waals surface area contributed by atoms with Crippen molar-refractivity contribution in [3.05, 3.63) is 29.6 Å². The molecule has 0 unspecified atom stereocenters.